The Labute approximate surface area is 176 Å². The van der Waals surface area contributed by atoms with Crippen molar-refractivity contribution in [1.29, 1.82) is 0 Å². The molecule has 1 aromatic heterocycles. The van der Waals surface area contributed by atoms with E-state index >= 15 is 0 Å². The fraction of sp³-hybridized carbons (Fsp3) is 0.636. The highest BCUT2D eigenvalue weighted by atomic mass is 32.2. The third-order valence-electron chi connectivity index (χ3n) is 5.99. The van der Waals surface area contributed by atoms with Crippen LogP contribution in [0, 0.1) is 5.92 Å². The van der Waals surface area contributed by atoms with Gasteiger partial charge < -0.3 is 4.90 Å². The SMILES string of the molecule is CN(C)CCCCn1c(=O)c2cc(SNC3(C)CC3)ccc2n(CC2CC2)c1=O. The molecule has 0 amide bonds. The molecule has 0 saturated heterocycles. The summed E-state index contributed by atoms with van der Waals surface area (Å²) in [5.74, 6) is 0.570. The molecular formula is C22H32N4O2S. The van der Waals surface area contributed by atoms with Gasteiger partial charge in [-0.15, -0.1) is 0 Å². The number of aromatic nitrogens is 2. The van der Waals surface area contributed by atoms with E-state index in [4.69, 9.17) is 0 Å². The van der Waals surface area contributed by atoms with Crippen LogP contribution in [0.25, 0.3) is 10.9 Å². The number of unbranched alkanes of at least 4 members (excludes halogenated alkanes) is 1. The normalized spacial score (nSPS) is 17.9. The van der Waals surface area contributed by atoms with E-state index in [1.165, 1.54) is 30.3 Å². The lowest BCUT2D eigenvalue weighted by molar-refractivity contribution is 0.384. The number of fused-ring (bicyclic) bond motifs is 1. The molecule has 0 radical (unpaired) electrons. The summed E-state index contributed by atoms with van der Waals surface area (Å²) in [5, 5.41) is 0.658. The van der Waals surface area contributed by atoms with Crippen molar-refractivity contribution < 1.29 is 0 Å². The van der Waals surface area contributed by atoms with Gasteiger partial charge in [0, 0.05) is 23.5 Å². The molecule has 0 atom stereocenters. The number of nitrogens with zero attached hydrogens (tertiary/aromatic N) is 3. The van der Waals surface area contributed by atoms with Crippen molar-refractivity contribution in [3.63, 3.8) is 0 Å². The lowest BCUT2D eigenvalue weighted by atomic mass is 10.2. The summed E-state index contributed by atoms with van der Waals surface area (Å²) in [6.45, 7) is 4.38. The van der Waals surface area contributed by atoms with Crippen LogP contribution >= 0.6 is 11.9 Å². The maximum Gasteiger partial charge on any atom is 0.331 e. The van der Waals surface area contributed by atoms with Crippen LogP contribution < -0.4 is 16.0 Å². The molecule has 0 unspecified atom stereocenters. The van der Waals surface area contributed by atoms with E-state index < -0.39 is 0 Å². The minimum absolute atomic E-state index is 0.150. The van der Waals surface area contributed by atoms with E-state index in [1.807, 2.05) is 36.9 Å². The molecule has 0 aliphatic heterocycles. The monoisotopic (exact) mass is 416 g/mol. The average Bonchev–Trinajstić information content (AvgIpc) is 3.61. The molecule has 0 bridgehead atoms. The summed E-state index contributed by atoms with van der Waals surface area (Å²) in [6.07, 6.45) is 6.52. The maximum absolute atomic E-state index is 13.2. The largest absolute Gasteiger partial charge is 0.331 e. The van der Waals surface area contributed by atoms with E-state index in [9.17, 15) is 9.59 Å². The summed E-state index contributed by atoms with van der Waals surface area (Å²) in [4.78, 5) is 29.5. The Bertz CT molecular complexity index is 1000. The molecule has 158 valence electrons. The Morgan fingerprint density at radius 3 is 2.59 bits per heavy atom. The zero-order valence-corrected chi connectivity index (χ0v) is 18.6. The van der Waals surface area contributed by atoms with Gasteiger partial charge in [0.1, 0.15) is 0 Å². The van der Waals surface area contributed by atoms with Crippen LogP contribution in [0.2, 0.25) is 0 Å². The lowest BCUT2D eigenvalue weighted by Gasteiger charge is -2.16. The number of rotatable bonds is 10. The molecule has 2 saturated carbocycles. The van der Waals surface area contributed by atoms with Gasteiger partial charge in [-0.2, -0.15) is 0 Å². The van der Waals surface area contributed by atoms with Gasteiger partial charge in [-0.1, -0.05) is 0 Å². The van der Waals surface area contributed by atoms with E-state index in [2.05, 4.69) is 16.5 Å². The van der Waals surface area contributed by atoms with Crippen LogP contribution in [-0.4, -0.2) is 40.2 Å². The standard InChI is InChI=1S/C22H32N4O2S/c1-22(10-11-22)23-29-17-8-9-19-18(14-17)20(27)25(13-5-4-12-24(2)3)21(28)26(19)15-16-6-7-16/h8-9,14,16,23H,4-7,10-13,15H2,1-3H3. The Balaban J connectivity index is 1.66. The quantitative estimate of drug-likeness (QED) is 0.476. The highest BCUT2D eigenvalue weighted by Gasteiger charge is 2.37. The van der Waals surface area contributed by atoms with Crippen LogP contribution in [0.3, 0.4) is 0 Å². The third-order valence-corrected chi connectivity index (χ3v) is 7.07. The first-order valence-corrected chi connectivity index (χ1v) is 11.5. The first-order valence-electron chi connectivity index (χ1n) is 10.7. The van der Waals surface area contributed by atoms with Crippen molar-refractivity contribution in [2.45, 2.75) is 69.0 Å². The lowest BCUT2D eigenvalue weighted by Crippen LogP contribution is -2.40. The average molecular weight is 417 g/mol. The molecule has 4 rings (SSSR count). The molecule has 2 aliphatic rings. The molecular weight excluding hydrogens is 384 g/mol. The first-order chi connectivity index (χ1) is 13.9. The highest BCUT2D eigenvalue weighted by Crippen LogP contribution is 2.37. The van der Waals surface area contributed by atoms with Gasteiger partial charge in [0.05, 0.1) is 10.9 Å². The van der Waals surface area contributed by atoms with Gasteiger partial charge in [-0.3, -0.25) is 18.7 Å². The molecule has 0 spiro atoms. The second kappa shape index (κ2) is 8.28. The van der Waals surface area contributed by atoms with E-state index in [-0.39, 0.29) is 16.8 Å². The van der Waals surface area contributed by atoms with Crippen molar-refractivity contribution >= 4 is 22.9 Å². The Morgan fingerprint density at radius 1 is 1.17 bits per heavy atom. The summed E-state index contributed by atoms with van der Waals surface area (Å²) in [5.41, 5.74) is 0.695. The zero-order chi connectivity index (χ0) is 20.6. The Hall–Kier alpha value is -1.57. The van der Waals surface area contributed by atoms with Gasteiger partial charge in [-0.05, 0) is 102 Å². The number of hydrogen-bond donors (Lipinski definition) is 1. The third kappa shape index (κ3) is 4.95. The number of hydrogen-bond acceptors (Lipinski definition) is 5. The second-order valence-corrected chi connectivity index (χ2v) is 10.1. The molecule has 1 heterocycles. The predicted octanol–water partition coefficient (Wildman–Crippen LogP) is 3.06. The van der Waals surface area contributed by atoms with Crippen LogP contribution in [0.4, 0.5) is 0 Å². The molecule has 2 aromatic rings. The molecule has 7 heteroatoms. The summed E-state index contributed by atoms with van der Waals surface area (Å²) in [6, 6.07) is 5.94. The van der Waals surface area contributed by atoms with Crippen molar-refractivity contribution in [2.24, 2.45) is 5.92 Å². The molecule has 2 fully saturated rings. The first kappa shape index (κ1) is 20.7. The van der Waals surface area contributed by atoms with E-state index in [0.717, 1.165) is 36.3 Å². The van der Waals surface area contributed by atoms with Gasteiger partial charge in [0.25, 0.3) is 5.56 Å². The minimum atomic E-state index is -0.151. The Kier molecular flexibility index (Phi) is 5.91. The van der Waals surface area contributed by atoms with Crippen LogP contribution in [0.1, 0.15) is 45.4 Å². The summed E-state index contributed by atoms with van der Waals surface area (Å²) >= 11 is 1.59. The van der Waals surface area contributed by atoms with Crippen molar-refractivity contribution in [1.82, 2.24) is 18.8 Å². The number of benzene rings is 1. The molecule has 1 N–H and O–H groups in total. The molecule has 6 nitrogen and oxygen atoms in total. The number of nitrogens with one attached hydrogen (secondary N) is 1. The predicted molar refractivity (Wildman–Crippen MR) is 120 cm³/mol. The van der Waals surface area contributed by atoms with Crippen LogP contribution in [0.15, 0.2) is 32.7 Å². The fourth-order valence-electron chi connectivity index (χ4n) is 3.57. The Morgan fingerprint density at radius 2 is 1.93 bits per heavy atom. The van der Waals surface area contributed by atoms with Gasteiger partial charge >= 0.3 is 5.69 Å². The molecule has 2 aliphatic carbocycles. The highest BCUT2D eigenvalue weighted by molar-refractivity contribution is 7.97. The second-order valence-electron chi connectivity index (χ2n) is 9.25. The van der Waals surface area contributed by atoms with Crippen molar-refractivity contribution in [3.05, 3.63) is 39.0 Å². The van der Waals surface area contributed by atoms with E-state index in [0.29, 0.717) is 17.8 Å². The van der Waals surface area contributed by atoms with Crippen molar-refractivity contribution in [3.8, 4) is 0 Å². The van der Waals surface area contributed by atoms with E-state index in [1.54, 1.807) is 11.9 Å². The van der Waals surface area contributed by atoms with Gasteiger partial charge in [0.2, 0.25) is 0 Å². The summed E-state index contributed by atoms with van der Waals surface area (Å²) in [7, 11) is 4.08. The van der Waals surface area contributed by atoms with Gasteiger partial charge in [-0.25, -0.2) is 4.79 Å². The topological polar surface area (TPSA) is 59.3 Å². The maximum atomic E-state index is 13.2. The van der Waals surface area contributed by atoms with Crippen molar-refractivity contribution in [2.75, 3.05) is 20.6 Å². The van der Waals surface area contributed by atoms with Gasteiger partial charge in [0.15, 0.2) is 0 Å². The zero-order valence-electron chi connectivity index (χ0n) is 17.7. The smallest absolute Gasteiger partial charge is 0.309 e. The summed E-state index contributed by atoms with van der Waals surface area (Å²) < 4.78 is 6.80. The van der Waals surface area contributed by atoms with Crippen LogP contribution in [-0.2, 0) is 13.1 Å². The fourth-order valence-corrected chi connectivity index (χ4v) is 4.45. The van der Waals surface area contributed by atoms with Crippen LogP contribution in [0.5, 0.6) is 0 Å². The molecule has 1 aromatic carbocycles. The molecule has 29 heavy (non-hydrogen) atoms. The minimum Gasteiger partial charge on any atom is -0.309 e.